The number of thiophene rings is 1. The van der Waals surface area contributed by atoms with Crippen LogP contribution in [0.25, 0.3) is 11.3 Å². The third-order valence-corrected chi connectivity index (χ3v) is 6.57. The number of hydrogen-bond donors (Lipinski definition) is 2. The number of nitrogens with zero attached hydrogens (tertiary/aromatic N) is 3. The van der Waals surface area contributed by atoms with Crippen molar-refractivity contribution in [1.29, 1.82) is 0 Å². The van der Waals surface area contributed by atoms with Gasteiger partial charge >= 0.3 is 0 Å². The van der Waals surface area contributed by atoms with Crippen LogP contribution < -0.4 is 10.0 Å². The molecule has 0 aromatic carbocycles. The van der Waals surface area contributed by atoms with Crippen LogP contribution in [0.4, 0.5) is 0 Å². The van der Waals surface area contributed by atoms with Crippen molar-refractivity contribution in [3.63, 3.8) is 0 Å². The molecule has 4 heterocycles. The lowest BCUT2D eigenvalue weighted by Gasteiger charge is -2.13. The Balaban J connectivity index is 1.48. The highest BCUT2D eigenvalue weighted by molar-refractivity contribution is 7.91. The zero-order chi connectivity index (χ0) is 16.6. The summed E-state index contributed by atoms with van der Waals surface area (Å²) in [6, 6.07) is 5.19. The van der Waals surface area contributed by atoms with E-state index in [2.05, 4.69) is 20.3 Å². The Kier molecular flexibility index (Phi) is 3.96. The first-order valence-corrected chi connectivity index (χ1v) is 9.74. The highest BCUT2D eigenvalue weighted by Gasteiger charge is 2.19. The van der Waals surface area contributed by atoms with Crippen LogP contribution in [0.1, 0.15) is 11.4 Å². The van der Waals surface area contributed by atoms with Crippen LogP contribution in [0.3, 0.4) is 0 Å². The maximum absolute atomic E-state index is 12.4. The lowest BCUT2D eigenvalue weighted by atomic mass is 10.3. The van der Waals surface area contributed by atoms with Crippen LogP contribution >= 0.6 is 11.3 Å². The Labute approximate surface area is 142 Å². The van der Waals surface area contributed by atoms with E-state index >= 15 is 0 Å². The number of aromatic nitrogens is 3. The van der Waals surface area contributed by atoms with Crippen molar-refractivity contribution in [2.45, 2.75) is 23.8 Å². The highest BCUT2D eigenvalue weighted by atomic mass is 32.2. The molecule has 2 N–H and O–H groups in total. The van der Waals surface area contributed by atoms with E-state index in [0.29, 0.717) is 17.0 Å². The third-order valence-electron chi connectivity index (χ3n) is 3.73. The van der Waals surface area contributed by atoms with Crippen molar-refractivity contribution in [3.05, 3.63) is 41.2 Å². The van der Waals surface area contributed by atoms with Gasteiger partial charge < -0.3 is 9.84 Å². The molecule has 0 saturated carbocycles. The molecule has 0 fully saturated rings. The zero-order valence-corrected chi connectivity index (χ0v) is 14.2. The normalized spacial score (nSPS) is 14.7. The van der Waals surface area contributed by atoms with Crippen LogP contribution in [0.2, 0.25) is 0 Å². The summed E-state index contributed by atoms with van der Waals surface area (Å²) in [5.41, 5.74) is 2.48. The predicted octanol–water partition coefficient (Wildman–Crippen LogP) is 1.18. The fourth-order valence-electron chi connectivity index (χ4n) is 2.53. The molecule has 1 aliphatic heterocycles. The van der Waals surface area contributed by atoms with Crippen molar-refractivity contribution < 1.29 is 12.9 Å². The van der Waals surface area contributed by atoms with Gasteiger partial charge in [-0.2, -0.15) is 5.10 Å². The quantitative estimate of drug-likeness (QED) is 0.704. The molecule has 0 aliphatic carbocycles. The number of hydrogen-bond acceptors (Lipinski definition) is 7. The van der Waals surface area contributed by atoms with Gasteiger partial charge in [-0.15, -0.1) is 11.3 Å². The molecule has 0 radical (unpaired) electrons. The van der Waals surface area contributed by atoms with Crippen molar-refractivity contribution in [3.8, 4) is 11.3 Å². The summed E-state index contributed by atoms with van der Waals surface area (Å²) in [5, 5.41) is 13.0. The van der Waals surface area contributed by atoms with Gasteiger partial charge in [0.15, 0.2) is 5.76 Å². The van der Waals surface area contributed by atoms with Gasteiger partial charge in [0.1, 0.15) is 4.21 Å². The van der Waals surface area contributed by atoms with E-state index in [1.54, 1.807) is 17.5 Å². The third kappa shape index (κ3) is 3.00. The summed E-state index contributed by atoms with van der Waals surface area (Å²) in [6.45, 7) is 2.59. The molecule has 126 valence electrons. The molecule has 0 spiro atoms. The van der Waals surface area contributed by atoms with Crippen LogP contribution in [0, 0.1) is 0 Å². The van der Waals surface area contributed by atoms with E-state index in [1.807, 2.05) is 10.7 Å². The van der Waals surface area contributed by atoms with Gasteiger partial charge in [0, 0.05) is 30.1 Å². The Morgan fingerprint density at radius 1 is 1.42 bits per heavy atom. The minimum absolute atomic E-state index is 0.165. The number of nitrogens with one attached hydrogen (secondary N) is 2. The first-order valence-electron chi connectivity index (χ1n) is 7.37. The highest BCUT2D eigenvalue weighted by Crippen LogP contribution is 2.28. The summed E-state index contributed by atoms with van der Waals surface area (Å²) in [4.78, 5) is 0. The second-order valence-electron chi connectivity index (χ2n) is 5.38. The van der Waals surface area contributed by atoms with E-state index in [4.69, 9.17) is 4.52 Å². The topological polar surface area (TPSA) is 102 Å². The smallest absolute Gasteiger partial charge is 0.250 e. The molecular formula is C14H15N5O3S2. The minimum Gasteiger partial charge on any atom is -0.356 e. The van der Waals surface area contributed by atoms with E-state index in [-0.39, 0.29) is 10.8 Å². The molecule has 0 amide bonds. The lowest BCUT2D eigenvalue weighted by molar-refractivity contribution is 0.432. The molecule has 0 bridgehead atoms. The van der Waals surface area contributed by atoms with Crippen LogP contribution in [-0.4, -0.2) is 29.9 Å². The second kappa shape index (κ2) is 6.13. The summed E-state index contributed by atoms with van der Waals surface area (Å²) < 4.78 is 34.7. The SMILES string of the molecule is O=S(=O)(NCc1cc2n(n1)CCNC2)c1cc(-c2ccno2)cs1. The molecule has 8 nitrogen and oxygen atoms in total. The molecule has 3 aromatic rings. The lowest BCUT2D eigenvalue weighted by Crippen LogP contribution is -2.28. The van der Waals surface area contributed by atoms with Crippen molar-refractivity contribution >= 4 is 21.4 Å². The maximum Gasteiger partial charge on any atom is 0.250 e. The van der Waals surface area contributed by atoms with Crippen LogP contribution in [-0.2, 0) is 29.7 Å². The van der Waals surface area contributed by atoms with E-state index < -0.39 is 10.0 Å². The second-order valence-corrected chi connectivity index (χ2v) is 8.29. The molecule has 0 atom stereocenters. The van der Waals surface area contributed by atoms with Gasteiger partial charge in [-0.3, -0.25) is 4.68 Å². The van der Waals surface area contributed by atoms with Gasteiger partial charge in [-0.05, 0) is 12.1 Å². The van der Waals surface area contributed by atoms with Gasteiger partial charge in [0.2, 0.25) is 10.0 Å². The van der Waals surface area contributed by atoms with Crippen LogP contribution in [0.5, 0.6) is 0 Å². The number of rotatable bonds is 5. The molecular weight excluding hydrogens is 350 g/mol. The molecule has 0 saturated heterocycles. The molecule has 10 heteroatoms. The predicted molar refractivity (Wildman–Crippen MR) is 87.8 cm³/mol. The van der Waals surface area contributed by atoms with Crippen molar-refractivity contribution in [1.82, 2.24) is 25.0 Å². The van der Waals surface area contributed by atoms with Crippen LogP contribution in [0.15, 0.2) is 38.5 Å². The summed E-state index contributed by atoms with van der Waals surface area (Å²) in [5.74, 6) is 0.543. The summed E-state index contributed by atoms with van der Waals surface area (Å²) >= 11 is 1.14. The molecule has 24 heavy (non-hydrogen) atoms. The average molecular weight is 365 g/mol. The number of fused-ring (bicyclic) bond motifs is 1. The Bertz CT molecular complexity index is 920. The maximum atomic E-state index is 12.4. The summed E-state index contributed by atoms with van der Waals surface area (Å²) in [7, 11) is -3.59. The van der Waals surface area contributed by atoms with Crippen molar-refractivity contribution in [2.24, 2.45) is 0 Å². The average Bonchev–Trinajstić information content (AvgIpc) is 3.31. The fraction of sp³-hybridized carbons (Fsp3) is 0.286. The number of sulfonamides is 1. The van der Waals surface area contributed by atoms with E-state index in [0.717, 1.165) is 36.7 Å². The minimum atomic E-state index is -3.59. The van der Waals surface area contributed by atoms with Crippen molar-refractivity contribution in [2.75, 3.05) is 6.54 Å². The van der Waals surface area contributed by atoms with Gasteiger partial charge in [0.25, 0.3) is 0 Å². The van der Waals surface area contributed by atoms with E-state index in [1.165, 1.54) is 6.20 Å². The Hall–Kier alpha value is -2.01. The largest absolute Gasteiger partial charge is 0.356 e. The first-order chi connectivity index (χ1) is 11.6. The van der Waals surface area contributed by atoms with Gasteiger partial charge in [0.05, 0.1) is 30.7 Å². The molecule has 0 unspecified atom stereocenters. The zero-order valence-electron chi connectivity index (χ0n) is 12.6. The summed E-state index contributed by atoms with van der Waals surface area (Å²) in [6.07, 6.45) is 1.52. The van der Waals surface area contributed by atoms with Gasteiger partial charge in [-0.1, -0.05) is 5.16 Å². The molecule has 4 rings (SSSR count). The Morgan fingerprint density at radius 3 is 3.12 bits per heavy atom. The van der Waals surface area contributed by atoms with Gasteiger partial charge in [-0.25, -0.2) is 13.1 Å². The Morgan fingerprint density at radius 2 is 2.33 bits per heavy atom. The standard InChI is InChI=1S/C14H15N5O3S2/c20-24(21,14-5-10(9-23-14)13-1-2-16-22-13)17-7-11-6-12-8-15-3-4-19(12)18-11/h1-2,5-6,9,15,17H,3-4,7-8H2. The molecule has 1 aliphatic rings. The van der Waals surface area contributed by atoms with E-state index in [9.17, 15) is 8.42 Å². The first kappa shape index (κ1) is 15.5. The fourth-order valence-corrected chi connectivity index (χ4v) is 4.74. The molecule has 3 aromatic heterocycles. The monoisotopic (exact) mass is 365 g/mol.